The Labute approximate surface area is 174 Å². The van der Waals surface area contributed by atoms with Crippen LogP contribution in [-0.4, -0.2) is 23.8 Å². The Hall–Kier alpha value is -1.21. The van der Waals surface area contributed by atoms with Gasteiger partial charge in [0.05, 0.1) is 5.54 Å². The first kappa shape index (κ1) is 24.8. The number of benzene rings is 1. The van der Waals surface area contributed by atoms with Gasteiger partial charge < -0.3 is 0 Å². The van der Waals surface area contributed by atoms with E-state index in [1.165, 1.54) is 37.7 Å². The summed E-state index contributed by atoms with van der Waals surface area (Å²) >= 11 is 0. The van der Waals surface area contributed by atoms with E-state index in [1.54, 1.807) is 6.66 Å². The molecule has 0 saturated carbocycles. The fourth-order valence-corrected chi connectivity index (χ4v) is 4.82. The highest BCUT2D eigenvalue weighted by Gasteiger charge is 2.48. The van der Waals surface area contributed by atoms with Crippen molar-refractivity contribution in [2.24, 2.45) is 11.8 Å². The molecule has 2 unspecified atom stereocenters. The van der Waals surface area contributed by atoms with Gasteiger partial charge in [0.1, 0.15) is 6.66 Å². The molecule has 0 saturated heterocycles. The monoisotopic (exact) mass is 406 g/mol. The zero-order valence-corrected chi connectivity index (χ0v) is 19.8. The Balaban J connectivity index is 3.29. The van der Waals surface area contributed by atoms with E-state index in [-0.39, 0.29) is 11.6 Å². The van der Waals surface area contributed by atoms with Gasteiger partial charge in [-0.1, -0.05) is 108 Å². The number of nitrogens with zero attached hydrogens (tertiary/aromatic N) is 1. The summed E-state index contributed by atoms with van der Waals surface area (Å²) in [6, 6.07) is 10.4. The lowest BCUT2D eigenvalue weighted by Gasteiger charge is -2.46. The van der Waals surface area contributed by atoms with Crippen molar-refractivity contribution in [2.45, 2.75) is 85.1 Å². The van der Waals surface area contributed by atoms with Gasteiger partial charge in [-0.2, -0.15) is 0 Å². The van der Waals surface area contributed by atoms with E-state index in [1.807, 2.05) is 11.0 Å². The van der Waals surface area contributed by atoms with Gasteiger partial charge in [-0.25, -0.2) is 4.79 Å². The van der Waals surface area contributed by atoms with Crippen molar-refractivity contribution >= 4 is 13.4 Å². The first-order valence-electron chi connectivity index (χ1n) is 11.0. The lowest BCUT2D eigenvalue weighted by Crippen LogP contribution is -2.53. The van der Waals surface area contributed by atoms with Crippen LogP contribution in [0.2, 0.25) is 0 Å². The van der Waals surface area contributed by atoms with Crippen LogP contribution < -0.4 is 0 Å². The second-order valence-electron chi connectivity index (χ2n) is 8.75. The Morgan fingerprint density at radius 3 is 2.07 bits per heavy atom. The van der Waals surface area contributed by atoms with Crippen LogP contribution in [0.5, 0.6) is 0 Å². The van der Waals surface area contributed by atoms with Crippen molar-refractivity contribution < 1.29 is 9.36 Å². The third-order valence-corrected chi connectivity index (χ3v) is 6.45. The molecule has 0 radical (unpaired) electrons. The number of rotatable bonds is 13. The van der Waals surface area contributed by atoms with Crippen molar-refractivity contribution in [1.29, 1.82) is 0 Å². The van der Waals surface area contributed by atoms with Crippen LogP contribution in [0.1, 0.15) is 85.1 Å². The molecular weight excluding hydrogens is 365 g/mol. The topological polar surface area (TPSA) is 37.4 Å². The fraction of sp³-hybridized carbons (Fsp3) is 0.708. The molecule has 4 heteroatoms. The van der Waals surface area contributed by atoms with Crippen molar-refractivity contribution in [1.82, 2.24) is 4.90 Å². The third-order valence-electron chi connectivity index (χ3n) is 5.67. The second-order valence-corrected chi connectivity index (χ2v) is 10.1. The molecule has 0 bridgehead atoms. The predicted molar refractivity (Wildman–Crippen MR) is 121 cm³/mol. The molecule has 1 rings (SSSR count). The molecule has 2 atom stereocenters. The summed E-state index contributed by atoms with van der Waals surface area (Å²) in [7, 11) is -1.90. The highest BCUT2D eigenvalue weighted by atomic mass is 31.1. The zero-order chi connectivity index (χ0) is 21.2. The van der Waals surface area contributed by atoms with E-state index in [4.69, 9.17) is 0 Å². The highest BCUT2D eigenvalue weighted by molar-refractivity contribution is 7.62. The van der Waals surface area contributed by atoms with E-state index in [0.717, 1.165) is 12.8 Å². The molecule has 0 aromatic heterocycles. The molecule has 0 fully saturated rings. The number of unbranched alkanes of at least 4 members (excludes halogenated alkanes) is 5. The van der Waals surface area contributed by atoms with Crippen LogP contribution in [-0.2, 0) is 10.1 Å². The Bertz CT molecular complexity index is 600. The van der Waals surface area contributed by atoms with Crippen molar-refractivity contribution in [3.05, 3.63) is 35.9 Å². The minimum Gasteiger partial charge on any atom is -0.290 e. The van der Waals surface area contributed by atoms with Gasteiger partial charge in [-0.15, -0.1) is 0 Å². The largest absolute Gasteiger partial charge is 0.463 e. The molecule has 0 spiro atoms. The molecule has 0 aliphatic heterocycles. The summed E-state index contributed by atoms with van der Waals surface area (Å²) in [6.45, 7) is 13.1. The summed E-state index contributed by atoms with van der Waals surface area (Å²) < 4.78 is 12.3. The molecule has 28 heavy (non-hydrogen) atoms. The van der Waals surface area contributed by atoms with Crippen molar-refractivity contribution in [3.63, 3.8) is 0 Å². The molecule has 1 aromatic rings. The number of carbonyl (C=O) groups excluding carboxylic acids is 1. The van der Waals surface area contributed by atoms with Crippen molar-refractivity contribution in [2.75, 3.05) is 13.2 Å². The third kappa shape index (κ3) is 6.69. The van der Waals surface area contributed by atoms with Crippen LogP contribution in [0.3, 0.4) is 0 Å². The molecular formula is C24H41NO2P+. The van der Waals surface area contributed by atoms with Gasteiger partial charge in [0, 0.05) is 6.54 Å². The highest BCUT2D eigenvalue weighted by Crippen LogP contribution is 2.44. The second kappa shape index (κ2) is 12.4. The van der Waals surface area contributed by atoms with E-state index >= 15 is 0 Å². The number of hydrogen-bond donors (Lipinski definition) is 0. The van der Waals surface area contributed by atoms with E-state index in [0.29, 0.717) is 12.5 Å². The van der Waals surface area contributed by atoms with E-state index in [2.05, 4.69) is 58.9 Å². The first-order chi connectivity index (χ1) is 13.3. The summed E-state index contributed by atoms with van der Waals surface area (Å²) in [5.74, 6) is 0.563. The minimum absolute atomic E-state index is 0.202. The fourth-order valence-electron chi connectivity index (χ4n) is 4.22. The van der Waals surface area contributed by atoms with Crippen LogP contribution in [0.4, 0.5) is 4.79 Å². The van der Waals surface area contributed by atoms with Crippen LogP contribution in [0.25, 0.3) is 0 Å². The standard InChI is InChI=1S/C24H41NO2P/c1-7-8-9-10-11-15-18-24(21(4)5,22-16-13-12-14-17-22)25(19-20(2)3)23(26)28(6)27/h12-14,16-17,20-21H,7-11,15,18-19H2,1-6H3/q+1. The SMILES string of the molecule is CCCCCCCCC(c1ccccc1)(C(C)C)N(CC(C)C)C(=O)[P+](C)=O. The molecule has 1 amide bonds. The summed E-state index contributed by atoms with van der Waals surface area (Å²) in [5.41, 5.74) is 0.561. The van der Waals surface area contributed by atoms with Gasteiger partial charge >= 0.3 is 13.4 Å². The zero-order valence-electron chi connectivity index (χ0n) is 18.9. The molecule has 0 heterocycles. The lowest BCUT2D eigenvalue weighted by molar-refractivity contribution is 0.0623. The first-order valence-corrected chi connectivity index (χ1v) is 12.8. The minimum atomic E-state index is -1.90. The molecule has 0 aliphatic rings. The smallest absolute Gasteiger partial charge is 0.290 e. The molecule has 0 aliphatic carbocycles. The van der Waals surface area contributed by atoms with Crippen molar-refractivity contribution in [3.8, 4) is 0 Å². The van der Waals surface area contributed by atoms with Gasteiger partial charge in [-0.3, -0.25) is 4.90 Å². The Kier molecular flexibility index (Phi) is 11.0. The normalized spacial score (nSPS) is 14.2. The maximum atomic E-state index is 13.1. The number of hydrogen-bond acceptors (Lipinski definition) is 2. The molecule has 3 nitrogen and oxygen atoms in total. The molecule has 158 valence electrons. The van der Waals surface area contributed by atoms with Gasteiger partial charge in [0.2, 0.25) is 0 Å². The van der Waals surface area contributed by atoms with E-state index in [9.17, 15) is 9.36 Å². The summed E-state index contributed by atoms with van der Waals surface area (Å²) in [6.07, 6.45) is 8.26. The predicted octanol–water partition coefficient (Wildman–Crippen LogP) is 7.82. The maximum absolute atomic E-state index is 13.1. The Morgan fingerprint density at radius 1 is 1.00 bits per heavy atom. The van der Waals surface area contributed by atoms with Gasteiger partial charge in [0.25, 0.3) is 0 Å². The average molecular weight is 407 g/mol. The quantitative estimate of drug-likeness (QED) is 0.247. The molecule has 0 N–H and O–H groups in total. The average Bonchev–Trinajstić information content (AvgIpc) is 2.65. The summed E-state index contributed by atoms with van der Waals surface area (Å²) in [4.78, 5) is 15.1. The maximum Gasteiger partial charge on any atom is 0.463 e. The van der Waals surface area contributed by atoms with Gasteiger partial charge in [0.15, 0.2) is 0 Å². The van der Waals surface area contributed by atoms with Crippen LogP contribution in [0, 0.1) is 11.8 Å². The number of amides is 1. The molecule has 1 aromatic carbocycles. The number of carbonyl (C=O) groups is 1. The lowest BCUT2D eigenvalue weighted by atomic mass is 9.74. The summed E-state index contributed by atoms with van der Waals surface area (Å²) in [5, 5.41) is 0. The Morgan fingerprint density at radius 2 is 1.57 bits per heavy atom. The van der Waals surface area contributed by atoms with Crippen LogP contribution in [0.15, 0.2) is 30.3 Å². The van der Waals surface area contributed by atoms with Gasteiger partial charge in [-0.05, 0) is 23.8 Å². The van der Waals surface area contributed by atoms with E-state index < -0.39 is 13.3 Å². The van der Waals surface area contributed by atoms with Crippen LogP contribution >= 0.6 is 7.80 Å².